The lowest BCUT2D eigenvalue weighted by Crippen LogP contribution is -3.11. The number of benzene rings is 1. The number of nitrogens with zero attached hydrogens (tertiary/aromatic N) is 3. The van der Waals surface area contributed by atoms with Gasteiger partial charge in [0.1, 0.15) is 4.90 Å². The number of hydrogen-bond donors (Lipinski definition) is 1. The minimum atomic E-state index is -3.48. The third kappa shape index (κ3) is 4.24. The van der Waals surface area contributed by atoms with Gasteiger partial charge in [-0.05, 0) is 49.8 Å². The topological polar surface area (TPSA) is 59.6 Å². The molecular formula is C23H33N4O2S+. The van der Waals surface area contributed by atoms with Crippen molar-refractivity contribution in [1.82, 2.24) is 14.1 Å². The lowest BCUT2D eigenvalue weighted by Gasteiger charge is -2.29. The highest BCUT2D eigenvalue weighted by Gasteiger charge is 2.33. The van der Waals surface area contributed by atoms with Crippen LogP contribution < -0.4 is 4.90 Å². The summed E-state index contributed by atoms with van der Waals surface area (Å²) in [5, 5.41) is 4.63. The molecule has 0 aliphatic carbocycles. The van der Waals surface area contributed by atoms with Crippen LogP contribution in [0.4, 0.5) is 0 Å². The Morgan fingerprint density at radius 1 is 1.13 bits per heavy atom. The van der Waals surface area contributed by atoms with E-state index in [1.54, 1.807) is 4.31 Å². The predicted molar refractivity (Wildman–Crippen MR) is 119 cm³/mol. The van der Waals surface area contributed by atoms with E-state index in [1.165, 1.54) is 16.0 Å². The standard InChI is InChI=1S/C23H32N4O2S/c1-18-9-15-26(16-10-18)30(28,29)23-19(2)24-27(20(23)3)17-25-13-11-22(12-14-25)21-7-5-4-6-8-21/h4-8,11,18H,9-10,12-17H2,1-3H3/p+1. The largest absolute Gasteiger partial charge is 0.313 e. The summed E-state index contributed by atoms with van der Waals surface area (Å²) < 4.78 is 30.1. The second kappa shape index (κ2) is 8.65. The minimum absolute atomic E-state index is 0.411. The first-order chi connectivity index (χ1) is 14.4. The predicted octanol–water partition coefficient (Wildman–Crippen LogP) is 2.25. The van der Waals surface area contributed by atoms with E-state index in [2.05, 4.69) is 42.4 Å². The number of sulfonamides is 1. The molecule has 3 heterocycles. The van der Waals surface area contributed by atoms with Crippen LogP contribution in [0.1, 0.15) is 43.1 Å². The number of piperidine rings is 1. The first-order valence-corrected chi connectivity index (χ1v) is 12.4. The summed E-state index contributed by atoms with van der Waals surface area (Å²) in [5.41, 5.74) is 4.07. The van der Waals surface area contributed by atoms with E-state index in [-0.39, 0.29) is 0 Å². The number of nitrogens with one attached hydrogen (secondary N) is 1. The molecule has 0 bridgehead atoms. The van der Waals surface area contributed by atoms with Gasteiger partial charge in [0.15, 0.2) is 6.67 Å². The maximum absolute atomic E-state index is 13.3. The second-order valence-corrected chi connectivity index (χ2v) is 10.7. The fourth-order valence-electron chi connectivity index (χ4n) is 4.62. The zero-order valence-corrected chi connectivity index (χ0v) is 19.1. The Morgan fingerprint density at radius 2 is 1.83 bits per heavy atom. The highest BCUT2D eigenvalue weighted by Crippen LogP contribution is 2.27. The Labute approximate surface area is 180 Å². The quantitative estimate of drug-likeness (QED) is 0.793. The minimum Gasteiger partial charge on any atom is -0.313 e. The maximum atomic E-state index is 13.3. The monoisotopic (exact) mass is 429 g/mol. The molecule has 0 radical (unpaired) electrons. The van der Waals surface area contributed by atoms with E-state index in [0.29, 0.717) is 36.3 Å². The number of quaternary nitrogens is 1. The van der Waals surface area contributed by atoms with Crippen molar-refractivity contribution in [2.45, 2.75) is 51.6 Å². The van der Waals surface area contributed by atoms with E-state index in [0.717, 1.165) is 38.0 Å². The van der Waals surface area contributed by atoms with Gasteiger partial charge in [0.2, 0.25) is 10.0 Å². The van der Waals surface area contributed by atoms with Crippen molar-refractivity contribution < 1.29 is 13.3 Å². The Balaban J connectivity index is 1.49. The molecule has 1 fully saturated rings. The number of aryl methyl sites for hydroxylation is 1. The van der Waals surface area contributed by atoms with Crippen LogP contribution >= 0.6 is 0 Å². The van der Waals surface area contributed by atoms with Gasteiger partial charge in [-0.3, -0.25) is 0 Å². The van der Waals surface area contributed by atoms with E-state index >= 15 is 0 Å². The summed E-state index contributed by atoms with van der Waals surface area (Å²) in [4.78, 5) is 1.81. The summed E-state index contributed by atoms with van der Waals surface area (Å²) >= 11 is 0. The van der Waals surface area contributed by atoms with Crippen LogP contribution in [0.25, 0.3) is 5.57 Å². The molecule has 7 heteroatoms. The lowest BCUT2D eigenvalue weighted by molar-refractivity contribution is -0.918. The fourth-order valence-corrected chi connectivity index (χ4v) is 6.46. The molecule has 1 aromatic heterocycles. The SMILES string of the molecule is Cc1nn(C[NH+]2CC=C(c3ccccc3)CC2)c(C)c1S(=O)(=O)N1CCC(C)CC1. The molecule has 1 atom stereocenters. The normalized spacial score (nSPS) is 21.6. The molecule has 1 unspecified atom stereocenters. The van der Waals surface area contributed by atoms with Gasteiger partial charge in [-0.25, -0.2) is 13.1 Å². The molecular weight excluding hydrogens is 396 g/mol. The molecule has 162 valence electrons. The van der Waals surface area contributed by atoms with Crippen LogP contribution in [0.2, 0.25) is 0 Å². The fraction of sp³-hybridized carbons (Fsp3) is 0.522. The molecule has 0 amide bonds. The molecule has 2 aliphatic heterocycles. The highest BCUT2D eigenvalue weighted by molar-refractivity contribution is 7.89. The first-order valence-electron chi connectivity index (χ1n) is 11.0. The van der Waals surface area contributed by atoms with Gasteiger partial charge in [-0.15, -0.1) is 0 Å². The first kappa shape index (κ1) is 21.3. The number of aromatic nitrogens is 2. The molecule has 0 spiro atoms. The highest BCUT2D eigenvalue weighted by atomic mass is 32.2. The van der Waals surface area contributed by atoms with Crippen molar-refractivity contribution in [3.8, 4) is 0 Å². The summed E-state index contributed by atoms with van der Waals surface area (Å²) in [7, 11) is -3.48. The van der Waals surface area contributed by atoms with Gasteiger partial charge >= 0.3 is 0 Å². The summed E-state index contributed by atoms with van der Waals surface area (Å²) in [6.45, 7) is 9.77. The Morgan fingerprint density at radius 3 is 2.47 bits per heavy atom. The number of hydrogen-bond acceptors (Lipinski definition) is 3. The van der Waals surface area contributed by atoms with Crippen molar-refractivity contribution in [3.63, 3.8) is 0 Å². The van der Waals surface area contributed by atoms with Gasteiger partial charge in [0.25, 0.3) is 0 Å². The smallest absolute Gasteiger partial charge is 0.246 e. The zero-order chi connectivity index (χ0) is 21.3. The Bertz CT molecular complexity index is 1020. The van der Waals surface area contributed by atoms with Crippen LogP contribution in [-0.2, 0) is 16.7 Å². The summed E-state index contributed by atoms with van der Waals surface area (Å²) in [5.74, 6) is 0.595. The van der Waals surface area contributed by atoms with E-state index in [1.807, 2.05) is 24.6 Å². The molecule has 2 aliphatic rings. The third-order valence-electron chi connectivity index (χ3n) is 6.56. The summed E-state index contributed by atoms with van der Waals surface area (Å²) in [6.07, 6.45) is 5.20. The zero-order valence-electron chi connectivity index (χ0n) is 18.3. The van der Waals surface area contributed by atoms with Gasteiger partial charge in [0, 0.05) is 19.5 Å². The lowest BCUT2D eigenvalue weighted by atomic mass is 10.00. The molecule has 1 aromatic carbocycles. The van der Waals surface area contributed by atoms with Crippen molar-refractivity contribution in [2.75, 3.05) is 26.2 Å². The molecule has 4 rings (SSSR count). The van der Waals surface area contributed by atoms with Crippen LogP contribution in [0, 0.1) is 19.8 Å². The van der Waals surface area contributed by atoms with E-state index < -0.39 is 10.0 Å². The third-order valence-corrected chi connectivity index (χ3v) is 8.71. The second-order valence-electron chi connectivity index (χ2n) is 8.79. The van der Waals surface area contributed by atoms with Crippen LogP contribution in [0.5, 0.6) is 0 Å². The van der Waals surface area contributed by atoms with Crippen molar-refractivity contribution in [2.24, 2.45) is 5.92 Å². The van der Waals surface area contributed by atoms with Gasteiger partial charge < -0.3 is 4.90 Å². The maximum Gasteiger partial charge on any atom is 0.246 e. The molecule has 2 aromatic rings. The van der Waals surface area contributed by atoms with Crippen molar-refractivity contribution in [1.29, 1.82) is 0 Å². The summed E-state index contributed by atoms with van der Waals surface area (Å²) in [6, 6.07) is 10.5. The van der Waals surface area contributed by atoms with Crippen LogP contribution in [0.15, 0.2) is 41.3 Å². The molecule has 0 saturated carbocycles. The van der Waals surface area contributed by atoms with Crippen LogP contribution in [-0.4, -0.2) is 48.7 Å². The Kier molecular flexibility index (Phi) is 6.14. The average molecular weight is 430 g/mol. The molecule has 30 heavy (non-hydrogen) atoms. The van der Waals surface area contributed by atoms with Crippen LogP contribution in [0.3, 0.4) is 0 Å². The Hall–Kier alpha value is -1.96. The van der Waals surface area contributed by atoms with E-state index in [4.69, 9.17) is 0 Å². The van der Waals surface area contributed by atoms with Gasteiger partial charge in [-0.2, -0.15) is 9.40 Å². The molecule has 1 saturated heterocycles. The van der Waals surface area contributed by atoms with Gasteiger partial charge in [-0.1, -0.05) is 37.3 Å². The molecule has 1 N–H and O–H groups in total. The van der Waals surface area contributed by atoms with E-state index in [9.17, 15) is 8.42 Å². The average Bonchev–Trinajstić information content (AvgIpc) is 3.03. The van der Waals surface area contributed by atoms with Crippen molar-refractivity contribution >= 4 is 15.6 Å². The van der Waals surface area contributed by atoms with Gasteiger partial charge in [0.05, 0.1) is 24.5 Å². The number of rotatable bonds is 5. The van der Waals surface area contributed by atoms with Crippen molar-refractivity contribution in [3.05, 3.63) is 53.4 Å². The molecule has 6 nitrogen and oxygen atoms in total.